The van der Waals surface area contributed by atoms with Gasteiger partial charge in [-0.05, 0) is 55.0 Å². The van der Waals surface area contributed by atoms with Gasteiger partial charge in [0.25, 0.3) is 0 Å². The summed E-state index contributed by atoms with van der Waals surface area (Å²) in [5.74, 6) is 1.81. The predicted molar refractivity (Wildman–Crippen MR) is 80.4 cm³/mol. The second-order valence-corrected chi connectivity index (χ2v) is 5.66. The molecule has 0 bridgehead atoms. The predicted octanol–water partition coefficient (Wildman–Crippen LogP) is 4.18. The second-order valence-electron chi connectivity index (χ2n) is 4.23. The highest BCUT2D eigenvalue weighted by molar-refractivity contribution is 7.98. The average Bonchev–Trinajstić information content (AvgIpc) is 2.35. The van der Waals surface area contributed by atoms with Crippen LogP contribution in [0.1, 0.15) is 31.2 Å². The Hall–Kier alpha value is -0.180. The summed E-state index contributed by atoms with van der Waals surface area (Å²) in [7, 11) is 0. The molecule has 0 aliphatic carbocycles. The summed E-state index contributed by atoms with van der Waals surface area (Å²) in [6.45, 7) is 4.37. The molecule has 0 fully saturated rings. The molecule has 1 aromatic rings. The molecule has 0 saturated heterocycles. The molecule has 0 aliphatic rings. The van der Waals surface area contributed by atoms with E-state index in [2.05, 4.69) is 30.6 Å². The number of thioether (sulfide) groups is 1. The van der Waals surface area contributed by atoms with Gasteiger partial charge in [0.15, 0.2) is 0 Å². The maximum atomic E-state index is 5.93. The number of hydrogen-bond acceptors (Lipinski definition) is 2. The van der Waals surface area contributed by atoms with Crippen LogP contribution in [-0.2, 0) is 0 Å². The van der Waals surface area contributed by atoms with Crippen molar-refractivity contribution in [1.82, 2.24) is 5.32 Å². The largest absolute Gasteiger partial charge is 0.316 e. The molecule has 3 heteroatoms. The Morgan fingerprint density at radius 1 is 1.29 bits per heavy atom. The van der Waals surface area contributed by atoms with E-state index in [1.165, 1.54) is 24.2 Å². The third-order valence-corrected chi connectivity index (χ3v) is 3.73. The van der Waals surface area contributed by atoms with Crippen molar-refractivity contribution >= 4 is 23.4 Å². The van der Waals surface area contributed by atoms with Crippen LogP contribution in [0.3, 0.4) is 0 Å². The third kappa shape index (κ3) is 5.80. The molecule has 1 N–H and O–H groups in total. The first kappa shape index (κ1) is 14.9. The van der Waals surface area contributed by atoms with Crippen molar-refractivity contribution < 1.29 is 0 Å². The van der Waals surface area contributed by atoms with Gasteiger partial charge in [0.2, 0.25) is 0 Å². The van der Waals surface area contributed by atoms with Crippen LogP contribution in [0.5, 0.6) is 0 Å². The molecule has 0 saturated carbocycles. The second kappa shape index (κ2) is 8.84. The number of rotatable bonds is 8. The maximum absolute atomic E-state index is 5.93. The van der Waals surface area contributed by atoms with Crippen LogP contribution in [0.2, 0.25) is 5.02 Å². The fraction of sp³-hybridized carbons (Fsp3) is 0.571. The van der Waals surface area contributed by atoms with Gasteiger partial charge < -0.3 is 5.32 Å². The quantitative estimate of drug-likeness (QED) is 0.712. The zero-order valence-electron chi connectivity index (χ0n) is 10.7. The lowest BCUT2D eigenvalue weighted by atomic mass is 9.96. The van der Waals surface area contributed by atoms with E-state index in [4.69, 9.17) is 11.6 Å². The van der Waals surface area contributed by atoms with Crippen LogP contribution in [0.4, 0.5) is 0 Å². The molecule has 0 aliphatic heterocycles. The summed E-state index contributed by atoms with van der Waals surface area (Å²) >= 11 is 7.84. The Morgan fingerprint density at radius 2 is 2.00 bits per heavy atom. The van der Waals surface area contributed by atoms with Crippen molar-refractivity contribution in [2.75, 3.05) is 25.1 Å². The standard InChI is InChI=1S/C14H22ClNS/c1-3-9-16-11-13(8-10-17-2)12-4-6-14(15)7-5-12/h4-7,13,16H,3,8-11H2,1-2H3. The fourth-order valence-electron chi connectivity index (χ4n) is 1.83. The topological polar surface area (TPSA) is 12.0 Å². The molecule has 1 nitrogen and oxygen atoms in total. The minimum absolute atomic E-state index is 0.603. The summed E-state index contributed by atoms with van der Waals surface area (Å²) in [6.07, 6.45) is 4.58. The number of benzene rings is 1. The van der Waals surface area contributed by atoms with Gasteiger partial charge in [0.05, 0.1) is 0 Å². The zero-order valence-corrected chi connectivity index (χ0v) is 12.3. The lowest BCUT2D eigenvalue weighted by molar-refractivity contribution is 0.570. The van der Waals surface area contributed by atoms with Crippen LogP contribution >= 0.6 is 23.4 Å². The first-order valence-corrected chi connectivity index (χ1v) is 8.00. The molecular formula is C14H22ClNS. The molecule has 0 amide bonds. The Labute approximate surface area is 114 Å². The van der Waals surface area contributed by atoms with Crippen LogP contribution < -0.4 is 5.32 Å². The normalized spacial score (nSPS) is 12.6. The van der Waals surface area contributed by atoms with Crippen LogP contribution in [0.15, 0.2) is 24.3 Å². The maximum Gasteiger partial charge on any atom is 0.0406 e. The smallest absolute Gasteiger partial charge is 0.0406 e. The van der Waals surface area contributed by atoms with Crippen LogP contribution in [-0.4, -0.2) is 25.1 Å². The zero-order chi connectivity index (χ0) is 12.5. The first-order chi connectivity index (χ1) is 8.27. The van der Waals surface area contributed by atoms with E-state index in [9.17, 15) is 0 Å². The van der Waals surface area contributed by atoms with E-state index >= 15 is 0 Å². The Morgan fingerprint density at radius 3 is 2.59 bits per heavy atom. The monoisotopic (exact) mass is 271 g/mol. The molecule has 0 radical (unpaired) electrons. The highest BCUT2D eigenvalue weighted by Gasteiger charge is 2.10. The number of halogens is 1. The molecule has 17 heavy (non-hydrogen) atoms. The van der Waals surface area contributed by atoms with Gasteiger partial charge >= 0.3 is 0 Å². The summed E-state index contributed by atoms with van der Waals surface area (Å²) in [5, 5.41) is 4.33. The third-order valence-electron chi connectivity index (χ3n) is 2.83. The van der Waals surface area contributed by atoms with E-state index < -0.39 is 0 Å². The first-order valence-electron chi connectivity index (χ1n) is 6.23. The SMILES string of the molecule is CCCNCC(CCSC)c1ccc(Cl)cc1. The molecule has 1 atom stereocenters. The van der Waals surface area contributed by atoms with Gasteiger partial charge in [-0.25, -0.2) is 0 Å². The highest BCUT2D eigenvalue weighted by Crippen LogP contribution is 2.22. The van der Waals surface area contributed by atoms with Crippen molar-refractivity contribution in [3.8, 4) is 0 Å². The van der Waals surface area contributed by atoms with Gasteiger partial charge in [-0.2, -0.15) is 11.8 Å². The Kier molecular flexibility index (Phi) is 7.74. The Balaban J connectivity index is 2.57. The van der Waals surface area contributed by atoms with Crippen molar-refractivity contribution in [2.45, 2.75) is 25.7 Å². The molecule has 1 unspecified atom stereocenters. The molecule has 1 rings (SSSR count). The summed E-state index contributed by atoms with van der Waals surface area (Å²) < 4.78 is 0. The van der Waals surface area contributed by atoms with Crippen molar-refractivity contribution in [2.24, 2.45) is 0 Å². The summed E-state index contributed by atoms with van der Waals surface area (Å²) in [5.41, 5.74) is 1.40. The summed E-state index contributed by atoms with van der Waals surface area (Å²) in [4.78, 5) is 0. The van der Waals surface area contributed by atoms with Gasteiger partial charge in [-0.1, -0.05) is 30.7 Å². The molecule has 1 aromatic carbocycles. The van der Waals surface area contributed by atoms with Crippen LogP contribution in [0, 0.1) is 0 Å². The van der Waals surface area contributed by atoms with Gasteiger partial charge in [0.1, 0.15) is 0 Å². The van der Waals surface area contributed by atoms with Gasteiger partial charge in [-0.15, -0.1) is 0 Å². The molecule has 0 aromatic heterocycles. The van der Waals surface area contributed by atoms with E-state index in [0.29, 0.717) is 5.92 Å². The minimum Gasteiger partial charge on any atom is -0.316 e. The highest BCUT2D eigenvalue weighted by atomic mass is 35.5. The summed E-state index contributed by atoms with van der Waals surface area (Å²) in [6, 6.07) is 8.29. The number of nitrogens with one attached hydrogen (secondary N) is 1. The minimum atomic E-state index is 0.603. The molecule has 0 spiro atoms. The van der Waals surface area contributed by atoms with Crippen molar-refractivity contribution in [3.05, 3.63) is 34.9 Å². The van der Waals surface area contributed by atoms with E-state index in [1.54, 1.807) is 0 Å². The van der Waals surface area contributed by atoms with E-state index in [-0.39, 0.29) is 0 Å². The Bertz CT molecular complexity index is 300. The lowest BCUT2D eigenvalue weighted by Crippen LogP contribution is -2.22. The molecular weight excluding hydrogens is 250 g/mol. The van der Waals surface area contributed by atoms with Crippen molar-refractivity contribution in [3.63, 3.8) is 0 Å². The molecule has 0 heterocycles. The van der Waals surface area contributed by atoms with Crippen LogP contribution in [0.25, 0.3) is 0 Å². The number of hydrogen-bond donors (Lipinski definition) is 1. The van der Waals surface area contributed by atoms with Crippen molar-refractivity contribution in [1.29, 1.82) is 0 Å². The fourth-order valence-corrected chi connectivity index (χ4v) is 2.48. The van der Waals surface area contributed by atoms with Gasteiger partial charge in [0, 0.05) is 11.6 Å². The van der Waals surface area contributed by atoms with E-state index in [0.717, 1.165) is 18.1 Å². The van der Waals surface area contributed by atoms with E-state index in [1.807, 2.05) is 23.9 Å². The van der Waals surface area contributed by atoms with Gasteiger partial charge in [-0.3, -0.25) is 0 Å². The lowest BCUT2D eigenvalue weighted by Gasteiger charge is -2.17. The average molecular weight is 272 g/mol. The molecule has 96 valence electrons.